The van der Waals surface area contributed by atoms with Gasteiger partial charge in [0, 0.05) is 0 Å². The minimum atomic E-state index is -1.07. The molecule has 0 heterocycles. The summed E-state index contributed by atoms with van der Waals surface area (Å²) in [6.45, 7) is 4.10. The molecule has 0 rings (SSSR count). The number of carbonyl (C=O) groups excluding carboxylic acids is 1. The summed E-state index contributed by atoms with van der Waals surface area (Å²) in [7, 11) is 0. The van der Waals surface area contributed by atoms with Crippen molar-refractivity contribution >= 4 is 11.9 Å². The number of carboxylic acid groups (broad SMARTS) is 1. The number of esters is 1. The molecule has 0 saturated carbocycles. The summed E-state index contributed by atoms with van der Waals surface area (Å²) in [5.41, 5.74) is 0. The molecule has 1 unspecified atom stereocenters. The minimum Gasteiger partial charge on any atom is -0.481 e. The molecule has 1 atom stereocenters. The molecule has 0 fully saturated rings. The Balaban J connectivity index is 3.71. The Kier molecular flexibility index (Phi) is 10.4. The third-order valence-electron chi connectivity index (χ3n) is 2.97. The summed E-state index contributed by atoms with van der Waals surface area (Å²) in [5, 5.41) is 8.94. The van der Waals surface area contributed by atoms with Gasteiger partial charge in [0.05, 0.1) is 6.61 Å². The molecule has 1 N–H and O–H groups in total. The summed E-state index contributed by atoms with van der Waals surface area (Å²) >= 11 is 0. The second-order valence-electron chi connectivity index (χ2n) is 4.55. The van der Waals surface area contributed by atoms with E-state index in [-0.39, 0.29) is 6.61 Å². The maximum atomic E-state index is 11.4. The lowest BCUT2D eigenvalue weighted by Gasteiger charge is -2.10. The van der Waals surface area contributed by atoms with Crippen LogP contribution in [-0.4, -0.2) is 23.7 Å². The van der Waals surface area contributed by atoms with Crippen LogP contribution in [0.25, 0.3) is 0 Å². The van der Waals surface area contributed by atoms with E-state index in [0.717, 1.165) is 19.3 Å². The highest BCUT2D eigenvalue weighted by Crippen LogP contribution is 2.14. The lowest BCUT2D eigenvalue weighted by atomic mass is 10.0. The normalized spacial score (nSPS) is 12.1. The van der Waals surface area contributed by atoms with Crippen LogP contribution < -0.4 is 0 Å². The van der Waals surface area contributed by atoms with E-state index in [0.29, 0.717) is 6.42 Å². The highest BCUT2D eigenvalue weighted by atomic mass is 16.5. The van der Waals surface area contributed by atoms with Gasteiger partial charge in [-0.3, -0.25) is 9.59 Å². The molecule has 0 radical (unpaired) electrons. The molecule has 0 saturated heterocycles. The van der Waals surface area contributed by atoms with Crippen molar-refractivity contribution in [2.24, 2.45) is 5.92 Å². The number of carboxylic acids is 1. The van der Waals surface area contributed by atoms with E-state index >= 15 is 0 Å². The molecule has 0 amide bonds. The number of hydrogen-bond acceptors (Lipinski definition) is 3. The molecule has 106 valence electrons. The van der Waals surface area contributed by atoms with Crippen LogP contribution in [0.15, 0.2) is 0 Å². The van der Waals surface area contributed by atoms with Crippen LogP contribution in [-0.2, 0) is 14.3 Å². The first-order chi connectivity index (χ1) is 8.63. The first kappa shape index (κ1) is 16.9. The van der Waals surface area contributed by atoms with Gasteiger partial charge in [-0.15, -0.1) is 0 Å². The molecule has 0 spiro atoms. The van der Waals surface area contributed by atoms with Gasteiger partial charge in [0.15, 0.2) is 5.92 Å². The maximum absolute atomic E-state index is 11.4. The van der Waals surface area contributed by atoms with Gasteiger partial charge in [0.25, 0.3) is 0 Å². The Labute approximate surface area is 110 Å². The number of ether oxygens (including phenoxy) is 1. The van der Waals surface area contributed by atoms with E-state index in [9.17, 15) is 9.59 Å². The largest absolute Gasteiger partial charge is 0.481 e. The Hall–Kier alpha value is -1.06. The van der Waals surface area contributed by atoms with Crippen LogP contribution in [0.5, 0.6) is 0 Å². The second-order valence-corrected chi connectivity index (χ2v) is 4.55. The quantitative estimate of drug-likeness (QED) is 0.350. The molecule has 0 aliphatic rings. The SMILES string of the molecule is CCCCCCCCCC(C(=O)O)C(=O)OCC. The fourth-order valence-electron chi connectivity index (χ4n) is 1.89. The topological polar surface area (TPSA) is 63.6 Å². The van der Waals surface area contributed by atoms with Gasteiger partial charge >= 0.3 is 11.9 Å². The molecule has 0 aromatic heterocycles. The summed E-state index contributed by atoms with van der Waals surface area (Å²) in [6, 6.07) is 0. The highest BCUT2D eigenvalue weighted by Gasteiger charge is 2.26. The maximum Gasteiger partial charge on any atom is 0.320 e. The highest BCUT2D eigenvalue weighted by molar-refractivity contribution is 5.93. The number of carbonyl (C=O) groups is 2. The standard InChI is InChI=1S/C14H26O4/c1-3-5-6-7-8-9-10-11-12(13(15)16)14(17)18-4-2/h12H,3-11H2,1-2H3,(H,15,16). The summed E-state index contributed by atoms with van der Waals surface area (Å²) in [4.78, 5) is 22.3. The predicted molar refractivity (Wildman–Crippen MR) is 70.4 cm³/mol. The van der Waals surface area contributed by atoms with Crippen LogP contribution in [0.3, 0.4) is 0 Å². The third-order valence-corrected chi connectivity index (χ3v) is 2.97. The van der Waals surface area contributed by atoms with Crippen molar-refractivity contribution in [1.29, 1.82) is 0 Å². The molecular weight excluding hydrogens is 232 g/mol. The zero-order valence-electron chi connectivity index (χ0n) is 11.6. The van der Waals surface area contributed by atoms with E-state index in [2.05, 4.69) is 6.92 Å². The fraction of sp³-hybridized carbons (Fsp3) is 0.857. The van der Waals surface area contributed by atoms with Gasteiger partial charge in [0.1, 0.15) is 0 Å². The van der Waals surface area contributed by atoms with Gasteiger partial charge in [-0.05, 0) is 13.3 Å². The van der Waals surface area contributed by atoms with Gasteiger partial charge in [0.2, 0.25) is 0 Å². The van der Waals surface area contributed by atoms with Crippen molar-refractivity contribution in [1.82, 2.24) is 0 Å². The zero-order valence-corrected chi connectivity index (χ0v) is 11.6. The summed E-state index contributed by atoms with van der Waals surface area (Å²) in [6.07, 6.45) is 8.22. The zero-order chi connectivity index (χ0) is 13.8. The van der Waals surface area contributed by atoms with Crippen LogP contribution in [0.2, 0.25) is 0 Å². The van der Waals surface area contributed by atoms with Gasteiger partial charge in [-0.2, -0.15) is 0 Å². The van der Waals surface area contributed by atoms with Gasteiger partial charge < -0.3 is 9.84 Å². The van der Waals surface area contributed by atoms with Crippen LogP contribution in [0, 0.1) is 5.92 Å². The Morgan fingerprint density at radius 2 is 1.56 bits per heavy atom. The molecular formula is C14H26O4. The molecule has 18 heavy (non-hydrogen) atoms. The van der Waals surface area contributed by atoms with Crippen LogP contribution in [0.1, 0.15) is 65.2 Å². The van der Waals surface area contributed by atoms with E-state index in [1.807, 2.05) is 0 Å². The van der Waals surface area contributed by atoms with E-state index in [4.69, 9.17) is 9.84 Å². The van der Waals surface area contributed by atoms with Crippen LogP contribution in [0.4, 0.5) is 0 Å². The molecule has 0 aromatic carbocycles. The summed E-state index contributed by atoms with van der Waals surface area (Å²) in [5.74, 6) is -2.66. The molecule has 4 heteroatoms. The average Bonchev–Trinajstić information content (AvgIpc) is 2.32. The lowest BCUT2D eigenvalue weighted by Crippen LogP contribution is -2.25. The van der Waals surface area contributed by atoms with E-state index in [1.165, 1.54) is 25.7 Å². The monoisotopic (exact) mass is 258 g/mol. The van der Waals surface area contributed by atoms with E-state index in [1.54, 1.807) is 6.92 Å². The smallest absolute Gasteiger partial charge is 0.320 e. The molecule has 0 bridgehead atoms. The van der Waals surface area contributed by atoms with Crippen molar-refractivity contribution in [2.75, 3.05) is 6.61 Å². The molecule has 0 aliphatic heterocycles. The van der Waals surface area contributed by atoms with Gasteiger partial charge in [-0.1, -0.05) is 51.9 Å². The number of aliphatic carboxylic acids is 1. The van der Waals surface area contributed by atoms with Crippen molar-refractivity contribution < 1.29 is 19.4 Å². The molecule has 0 aromatic rings. The van der Waals surface area contributed by atoms with Crippen molar-refractivity contribution in [3.8, 4) is 0 Å². The Morgan fingerprint density at radius 3 is 2.06 bits per heavy atom. The van der Waals surface area contributed by atoms with Crippen molar-refractivity contribution in [2.45, 2.75) is 65.2 Å². The third kappa shape index (κ3) is 8.09. The lowest BCUT2D eigenvalue weighted by molar-refractivity contribution is -0.158. The van der Waals surface area contributed by atoms with Crippen LogP contribution >= 0.6 is 0 Å². The molecule has 4 nitrogen and oxygen atoms in total. The predicted octanol–water partition coefficient (Wildman–Crippen LogP) is 3.39. The summed E-state index contributed by atoms with van der Waals surface area (Å²) < 4.78 is 4.76. The number of hydrogen-bond donors (Lipinski definition) is 1. The molecule has 0 aliphatic carbocycles. The first-order valence-corrected chi connectivity index (χ1v) is 7.02. The fourth-order valence-corrected chi connectivity index (χ4v) is 1.89. The minimum absolute atomic E-state index is 0.236. The first-order valence-electron chi connectivity index (χ1n) is 7.02. The van der Waals surface area contributed by atoms with Crippen molar-refractivity contribution in [3.05, 3.63) is 0 Å². The average molecular weight is 258 g/mol. The Bertz CT molecular complexity index is 238. The van der Waals surface area contributed by atoms with Crippen molar-refractivity contribution in [3.63, 3.8) is 0 Å². The number of unbranched alkanes of at least 4 members (excludes halogenated alkanes) is 6. The number of rotatable bonds is 11. The van der Waals surface area contributed by atoms with E-state index < -0.39 is 17.9 Å². The Morgan fingerprint density at radius 1 is 1.00 bits per heavy atom. The van der Waals surface area contributed by atoms with Gasteiger partial charge in [-0.25, -0.2) is 0 Å². The second kappa shape index (κ2) is 11.1.